The molecule has 0 fully saturated rings. The Morgan fingerprint density at radius 3 is 3.00 bits per heavy atom. The molecule has 0 amide bonds. The Kier molecular flexibility index (Phi) is 6.13. The fourth-order valence-corrected chi connectivity index (χ4v) is 4.38. The maximum Gasteiger partial charge on any atom is 0.257 e. The number of fused-ring (bicyclic) bond motifs is 4. The molecule has 3 aromatic rings. The van der Waals surface area contributed by atoms with Gasteiger partial charge in [0.15, 0.2) is 18.5 Å². The lowest BCUT2D eigenvalue weighted by Crippen LogP contribution is -2.41. The van der Waals surface area contributed by atoms with Gasteiger partial charge in [0.05, 0.1) is 5.70 Å². The Bertz CT molecular complexity index is 1350. The van der Waals surface area contributed by atoms with Crippen LogP contribution in [0.25, 0.3) is 5.70 Å². The highest BCUT2D eigenvalue weighted by atomic mass is 16.6. The first-order valence-corrected chi connectivity index (χ1v) is 12.2. The van der Waals surface area contributed by atoms with Crippen LogP contribution in [-0.4, -0.2) is 63.2 Å². The van der Waals surface area contributed by atoms with Gasteiger partial charge in [-0.2, -0.15) is 9.98 Å². The molecular weight excluding hydrogens is 478 g/mol. The minimum Gasteiger partial charge on any atom is -0.485 e. The lowest BCUT2D eigenvalue weighted by Gasteiger charge is -2.37. The van der Waals surface area contributed by atoms with Gasteiger partial charge in [-0.1, -0.05) is 19.0 Å². The van der Waals surface area contributed by atoms with Crippen molar-refractivity contribution in [3.8, 4) is 17.4 Å². The van der Waals surface area contributed by atoms with Crippen molar-refractivity contribution in [2.45, 2.75) is 45.2 Å². The van der Waals surface area contributed by atoms with Crippen LogP contribution >= 0.6 is 0 Å². The quantitative estimate of drug-likeness (QED) is 0.535. The van der Waals surface area contributed by atoms with E-state index in [-0.39, 0.29) is 25.2 Å². The molecule has 1 aromatic carbocycles. The zero-order valence-electron chi connectivity index (χ0n) is 20.5. The molecule has 192 valence electrons. The molecule has 6 rings (SSSR count). The minimum atomic E-state index is -1.03. The molecule has 0 aliphatic carbocycles. The van der Waals surface area contributed by atoms with E-state index < -0.39 is 6.35 Å². The molecule has 11 nitrogen and oxygen atoms in total. The van der Waals surface area contributed by atoms with Gasteiger partial charge in [0.2, 0.25) is 24.0 Å². The third-order valence-corrected chi connectivity index (χ3v) is 6.26. The van der Waals surface area contributed by atoms with Crippen molar-refractivity contribution in [1.82, 2.24) is 20.0 Å². The number of hydrogen-bond donors (Lipinski definition) is 1. The summed E-state index contributed by atoms with van der Waals surface area (Å²) in [7, 11) is 0. The van der Waals surface area contributed by atoms with Crippen molar-refractivity contribution in [3.63, 3.8) is 0 Å². The van der Waals surface area contributed by atoms with Gasteiger partial charge in [-0.25, -0.2) is 4.98 Å². The molecule has 0 radical (unpaired) electrons. The number of aromatic nitrogens is 3. The third-order valence-electron chi connectivity index (χ3n) is 6.26. The van der Waals surface area contributed by atoms with Gasteiger partial charge in [-0.05, 0) is 42.3 Å². The lowest BCUT2D eigenvalue weighted by molar-refractivity contribution is 0.0348. The maximum absolute atomic E-state index is 10.7. The number of nitrogens with zero attached hydrogens (tertiary/aromatic N) is 5. The van der Waals surface area contributed by atoms with E-state index in [4.69, 9.17) is 23.5 Å². The van der Waals surface area contributed by atoms with E-state index in [2.05, 4.69) is 20.1 Å². The SMILES string of the molecule is CC(C)c1nc(COc2ccc3c(c2)CCN2C3=CC(OCC3COc4ncccc4O3)=NC2O)no1. The van der Waals surface area contributed by atoms with Crippen LogP contribution in [0.2, 0.25) is 0 Å². The predicted molar refractivity (Wildman–Crippen MR) is 131 cm³/mol. The molecule has 5 heterocycles. The molecular formula is C26H27N5O6. The molecule has 11 heteroatoms. The number of benzene rings is 1. The summed E-state index contributed by atoms with van der Waals surface area (Å²) in [5.41, 5.74) is 2.95. The lowest BCUT2D eigenvalue weighted by atomic mass is 9.95. The second kappa shape index (κ2) is 9.74. The Morgan fingerprint density at radius 2 is 2.14 bits per heavy atom. The summed E-state index contributed by atoms with van der Waals surface area (Å²) in [5.74, 6) is 3.38. The molecule has 0 saturated heterocycles. The van der Waals surface area contributed by atoms with Crippen molar-refractivity contribution in [2.24, 2.45) is 4.99 Å². The zero-order valence-corrected chi connectivity index (χ0v) is 20.5. The summed E-state index contributed by atoms with van der Waals surface area (Å²) in [5, 5.41) is 14.7. The molecule has 0 spiro atoms. The highest BCUT2D eigenvalue weighted by Crippen LogP contribution is 2.35. The van der Waals surface area contributed by atoms with Crippen LogP contribution in [0.15, 0.2) is 52.1 Å². The first kappa shape index (κ1) is 23.3. The second-order valence-corrected chi connectivity index (χ2v) is 9.27. The van der Waals surface area contributed by atoms with Crippen LogP contribution in [0, 0.1) is 0 Å². The molecule has 2 atom stereocenters. The number of rotatable bonds is 6. The minimum absolute atomic E-state index is 0.169. The van der Waals surface area contributed by atoms with Crippen LogP contribution in [0.4, 0.5) is 0 Å². The number of hydrogen-bond acceptors (Lipinski definition) is 11. The number of aliphatic imine (C=N–C) groups is 1. The van der Waals surface area contributed by atoms with Gasteiger partial charge in [0.1, 0.15) is 19.0 Å². The molecule has 0 bridgehead atoms. The first-order chi connectivity index (χ1) is 18.0. The van der Waals surface area contributed by atoms with Gasteiger partial charge in [0.25, 0.3) is 5.88 Å². The van der Waals surface area contributed by atoms with Crippen molar-refractivity contribution in [2.75, 3.05) is 19.8 Å². The van der Waals surface area contributed by atoms with Crippen LogP contribution in [-0.2, 0) is 17.8 Å². The van der Waals surface area contributed by atoms with Crippen molar-refractivity contribution < 1.29 is 28.6 Å². The topological polar surface area (TPSA) is 125 Å². The molecule has 37 heavy (non-hydrogen) atoms. The van der Waals surface area contributed by atoms with Gasteiger partial charge < -0.3 is 33.5 Å². The largest absolute Gasteiger partial charge is 0.485 e. The van der Waals surface area contributed by atoms with Crippen LogP contribution in [0.1, 0.15) is 42.6 Å². The summed E-state index contributed by atoms with van der Waals surface area (Å²) in [4.78, 5) is 14.7. The summed E-state index contributed by atoms with van der Waals surface area (Å²) in [6, 6.07) is 9.48. The van der Waals surface area contributed by atoms with Gasteiger partial charge in [0, 0.05) is 30.3 Å². The van der Waals surface area contributed by atoms with E-state index in [0.29, 0.717) is 42.4 Å². The third kappa shape index (κ3) is 4.82. The predicted octanol–water partition coefficient (Wildman–Crippen LogP) is 2.91. The average molecular weight is 506 g/mol. The molecule has 2 aromatic heterocycles. The van der Waals surface area contributed by atoms with Crippen molar-refractivity contribution in [1.29, 1.82) is 0 Å². The summed E-state index contributed by atoms with van der Waals surface area (Å²) in [6.07, 6.45) is 2.90. The van der Waals surface area contributed by atoms with Crippen LogP contribution in [0.5, 0.6) is 17.4 Å². The Morgan fingerprint density at radius 1 is 1.22 bits per heavy atom. The van der Waals surface area contributed by atoms with Crippen molar-refractivity contribution in [3.05, 3.63) is 65.4 Å². The number of aliphatic hydroxyl groups is 1. The molecule has 3 aliphatic rings. The van der Waals surface area contributed by atoms with Crippen LogP contribution < -0.4 is 14.2 Å². The van der Waals surface area contributed by atoms with E-state index in [0.717, 1.165) is 29.0 Å². The molecule has 3 aliphatic heterocycles. The second-order valence-electron chi connectivity index (χ2n) is 9.27. The average Bonchev–Trinajstić information content (AvgIpc) is 3.40. The van der Waals surface area contributed by atoms with Gasteiger partial charge >= 0.3 is 0 Å². The van der Waals surface area contributed by atoms with E-state index in [1.165, 1.54) is 0 Å². The summed E-state index contributed by atoms with van der Waals surface area (Å²) >= 11 is 0. The summed E-state index contributed by atoms with van der Waals surface area (Å²) in [6.45, 7) is 5.37. The van der Waals surface area contributed by atoms with Crippen molar-refractivity contribution >= 4 is 11.6 Å². The first-order valence-electron chi connectivity index (χ1n) is 12.2. The number of ether oxygens (including phenoxy) is 4. The standard InChI is InChI=1S/C26H27N5O6/c1-15(2)24-28-22(30-37-24)14-33-17-5-6-19-16(10-17)7-9-31-20(19)11-23(29-26(31)32)34-12-18-13-35-25-21(36-18)4-3-8-27-25/h3-6,8,10-11,15,18,26,32H,7,9,12-14H2,1-2H3. The van der Waals surface area contributed by atoms with Gasteiger partial charge in [-0.15, -0.1) is 0 Å². The monoisotopic (exact) mass is 505 g/mol. The summed E-state index contributed by atoms with van der Waals surface area (Å²) < 4.78 is 28.6. The van der Waals surface area contributed by atoms with E-state index in [1.54, 1.807) is 18.3 Å². The molecule has 2 unspecified atom stereocenters. The van der Waals surface area contributed by atoms with Gasteiger partial charge in [-0.3, -0.25) is 0 Å². The van der Waals surface area contributed by atoms with Crippen LogP contribution in [0.3, 0.4) is 0 Å². The fraction of sp³-hybridized carbons (Fsp3) is 0.385. The highest BCUT2D eigenvalue weighted by Gasteiger charge is 2.31. The Labute approximate surface area is 213 Å². The maximum atomic E-state index is 10.7. The molecule has 0 saturated carbocycles. The smallest absolute Gasteiger partial charge is 0.257 e. The normalized spacial score (nSPS) is 20.1. The van der Waals surface area contributed by atoms with E-state index >= 15 is 0 Å². The zero-order chi connectivity index (χ0) is 25.4. The fourth-order valence-electron chi connectivity index (χ4n) is 4.38. The molecule has 1 N–H and O–H groups in total. The van der Waals surface area contributed by atoms with E-state index in [9.17, 15) is 5.11 Å². The highest BCUT2D eigenvalue weighted by molar-refractivity contribution is 5.97. The van der Waals surface area contributed by atoms with E-state index in [1.807, 2.05) is 43.0 Å². The number of pyridine rings is 1. The number of aliphatic hydroxyl groups excluding tert-OH is 1. The Balaban J connectivity index is 1.13. The Hall–Kier alpha value is -4.12.